The summed E-state index contributed by atoms with van der Waals surface area (Å²) in [6.45, 7) is 0. The van der Waals surface area contributed by atoms with E-state index in [1.165, 1.54) is 7.11 Å². The fourth-order valence-corrected chi connectivity index (χ4v) is 1.13. The van der Waals surface area contributed by atoms with Crippen LogP contribution in [0, 0.1) is 0 Å². The van der Waals surface area contributed by atoms with Crippen LogP contribution in [-0.2, 0) is 16.0 Å². The molecule has 3 N–H and O–H groups in total. The van der Waals surface area contributed by atoms with Gasteiger partial charge in [-0.2, -0.15) is 0 Å². The Hall–Kier alpha value is -1.39. The van der Waals surface area contributed by atoms with Crippen molar-refractivity contribution < 1.29 is 14.6 Å². The van der Waals surface area contributed by atoms with Crippen LogP contribution in [0.4, 0.5) is 0 Å². The van der Waals surface area contributed by atoms with Gasteiger partial charge in [0.2, 0.25) is 5.72 Å². The molecule has 0 amide bonds. The Labute approximate surface area is 82.3 Å². The number of hydrogen-bond donors (Lipinski definition) is 2. The molecule has 14 heavy (non-hydrogen) atoms. The predicted molar refractivity (Wildman–Crippen MR) is 51.7 cm³/mol. The van der Waals surface area contributed by atoms with Crippen molar-refractivity contribution in [3.63, 3.8) is 0 Å². The van der Waals surface area contributed by atoms with Gasteiger partial charge >= 0.3 is 5.97 Å². The van der Waals surface area contributed by atoms with E-state index in [0.717, 1.165) is 5.56 Å². The van der Waals surface area contributed by atoms with Gasteiger partial charge in [-0.1, -0.05) is 30.3 Å². The molecule has 0 radical (unpaired) electrons. The standard InChI is InChI=1S/C10H13NO3/c1-14-10(11,9(12)13)7-8-5-3-2-4-6-8/h2-6H,7,11H2,1H3,(H,12,13)/t10-/m1/s1. The summed E-state index contributed by atoms with van der Waals surface area (Å²) < 4.78 is 4.78. The number of hydrogen-bond acceptors (Lipinski definition) is 3. The first-order valence-corrected chi connectivity index (χ1v) is 4.20. The fraction of sp³-hybridized carbons (Fsp3) is 0.300. The lowest BCUT2D eigenvalue weighted by atomic mass is 10.0. The van der Waals surface area contributed by atoms with E-state index in [1.807, 2.05) is 30.3 Å². The van der Waals surface area contributed by atoms with Gasteiger partial charge < -0.3 is 9.84 Å². The minimum absolute atomic E-state index is 0.152. The van der Waals surface area contributed by atoms with Crippen LogP contribution in [0.1, 0.15) is 5.56 Å². The van der Waals surface area contributed by atoms with Gasteiger partial charge in [0.25, 0.3) is 0 Å². The summed E-state index contributed by atoms with van der Waals surface area (Å²) in [5.41, 5.74) is 4.75. The fourth-order valence-electron chi connectivity index (χ4n) is 1.13. The Balaban J connectivity index is 2.81. The molecule has 0 aliphatic heterocycles. The normalized spacial score (nSPS) is 14.7. The van der Waals surface area contributed by atoms with Gasteiger partial charge in [-0.3, -0.25) is 5.73 Å². The highest BCUT2D eigenvalue weighted by Crippen LogP contribution is 2.11. The summed E-state index contributed by atoms with van der Waals surface area (Å²) in [4.78, 5) is 10.8. The summed E-state index contributed by atoms with van der Waals surface area (Å²) >= 11 is 0. The van der Waals surface area contributed by atoms with Gasteiger partial charge in [-0.05, 0) is 5.56 Å². The van der Waals surface area contributed by atoms with Crippen LogP contribution < -0.4 is 5.73 Å². The third-order valence-corrected chi connectivity index (χ3v) is 2.04. The molecule has 0 fully saturated rings. The van der Waals surface area contributed by atoms with E-state index < -0.39 is 11.7 Å². The number of ether oxygens (including phenoxy) is 1. The number of benzene rings is 1. The topological polar surface area (TPSA) is 72.5 Å². The molecule has 0 heterocycles. The van der Waals surface area contributed by atoms with Crippen molar-refractivity contribution in [2.45, 2.75) is 12.1 Å². The highest BCUT2D eigenvalue weighted by atomic mass is 16.5. The highest BCUT2D eigenvalue weighted by Gasteiger charge is 2.33. The molecule has 0 aliphatic carbocycles. The Morgan fingerprint density at radius 3 is 2.50 bits per heavy atom. The summed E-state index contributed by atoms with van der Waals surface area (Å²) in [5, 5.41) is 8.84. The average molecular weight is 195 g/mol. The van der Waals surface area contributed by atoms with Crippen LogP contribution in [0.3, 0.4) is 0 Å². The summed E-state index contributed by atoms with van der Waals surface area (Å²) in [6, 6.07) is 9.13. The molecule has 0 unspecified atom stereocenters. The summed E-state index contributed by atoms with van der Waals surface area (Å²) in [6.07, 6.45) is 0.152. The second-order valence-electron chi connectivity index (χ2n) is 3.06. The number of aliphatic carboxylic acids is 1. The third-order valence-electron chi connectivity index (χ3n) is 2.04. The van der Waals surface area contributed by atoms with Crippen LogP contribution in [-0.4, -0.2) is 23.9 Å². The second-order valence-corrected chi connectivity index (χ2v) is 3.06. The third kappa shape index (κ3) is 2.31. The number of methoxy groups -OCH3 is 1. The van der Waals surface area contributed by atoms with E-state index in [4.69, 9.17) is 15.6 Å². The number of rotatable bonds is 4. The molecular formula is C10H13NO3. The van der Waals surface area contributed by atoms with Crippen molar-refractivity contribution in [2.75, 3.05) is 7.11 Å². The maximum absolute atomic E-state index is 10.8. The van der Waals surface area contributed by atoms with Crippen molar-refractivity contribution in [1.29, 1.82) is 0 Å². The largest absolute Gasteiger partial charge is 0.478 e. The molecule has 0 saturated heterocycles. The molecule has 1 atom stereocenters. The molecule has 0 spiro atoms. The van der Waals surface area contributed by atoms with Crippen LogP contribution in [0.2, 0.25) is 0 Å². The van der Waals surface area contributed by atoms with Crippen LogP contribution in [0.15, 0.2) is 30.3 Å². The van der Waals surface area contributed by atoms with Crippen LogP contribution in [0.25, 0.3) is 0 Å². The maximum atomic E-state index is 10.8. The maximum Gasteiger partial charge on any atom is 0.351 e. The van der Waals surface area contributed by atoms with Crippen LogP contribution >= 0.6 is 0 Å². The van der Waals surface area contributed by atoms with Gasteiger partial charge in [0.1, 0.15) is 0 Å². The summed E-state index contributed by atoms with van der Waals surface area (Å²) in [5.74, 6) is -1.16. The predicted octanol–water partition coefficient (Wildman–Crippen LogP) is 0.615. The van der Waals surface area contributed by atoms with Crippen molar-refractivity contribution in [1.82, 2.24) is 0 Å². The van der Waals surface area contributed by atoms with Crippen molar-refractivity contribution in [3.8, 4) is 0 Å². The van der Waals surface area contributed by atoms with Gasteiger partial charge in [0, 0.05) is 13.5 Å². The van der Waals surface area contributed by atoms with E-state index in [9.17, 15) is 4.79 Å². The smallest absolute Gasteiger partial charge is 0.351 e. The van der Waals surface area contributed by atoms with E-state index in [1.54, 1.807) is 0 Å². The Morgan fingerprint density at radius 1 is 1.50 bits per heavy atom. The number of carboxylic acid groups (broad SMARTS) is 1. The molecule has 0 aromatic heterocycles. The molecule has 1 aromatic carbocycles. The van der Waals surface area contributed by atoms with Gasteiger partial charge in [-0.15, -0.1) is 0 Å². The first-order chi connectivity index (χ1) is 6.58. The zero-order valence-electron chi connectivity index (χ0n) is 7.93. The Morgan fingerprint density at radius 2 is 2.07 bits per heavy atom. The molecule has 0 saturated carbocycles. The number of carbonyl (C=O) groups is 1. The molecule has 4 nitrogen and oxygen atoms in total. The molecule has 0 aliphatic rings. The molecule has 1 rings (SSSR count). The highest BCUT2D eigenvalue weighted by molar-refractivity contribution is 5.77. The van der Waals surface area contributed by atoms with Crippen LogP contribution in [0.5, 0.6) is 0 Å². The summed E-state index contributed by atoms with van der Waals surface area (Å²) in [7, 11) is 1.29. The van der Waals surface area contributed by atoms with E-state index in [2.05, 4.69) is 0 Å². The number of nitrogens with two attached hydrogens (primary N) is 1. The lowest BCUT2D eigenvalue weighted by Crippen LogP contribution is -2.51. The zero-order valence-corrected chi connectivity index (χ0v) is 7.93. The van der Waals surface area contributed by atoms with Gasteiger partial charge in [0.05, 0.1) is 0 Å². The van der Waals surface area contributed by atoms with Crippen molar-refractivity contribution in [2.24, 2.45) is 5.73 Å². The Kier molecular flexibility index (Phi) is 3.22. The second kappa shape index (κ2) is 4.21. The molecule has 4 heteroatoms. The first-order valence-electron chi connectivity index (χ1n) is 4.20. The monoisotopic (exact) mass is 195 g/mol. The number of carboxylic acids is 1. The minimum atomic E-state index is -1.64. The quantitative estimate of drug-likeness (QED) is 0.690. The minimum Gasteiger partial charge on any atom is -0.478 e. The van der Waals surface area contributed by atoms with Gasteiger partial charge in [-0.25, -0.2) is 4.79 Å². The van der Waals surface area contributed by atoms with Crippen molar-refractivity contribution in [3.05, 3.63) is 35.9 Å². The zero-order chi connectivity index (χ0) is 10.6. The SMILES string of the molecule is CO[C@](N)(Cc1ccccc1)C(=O)O. The lowest BCUT2D eigenvalue weighted by molar-refractivity contribution is -0.161. The molecule has 1 aromatic rings. The molecule has 0 bridgehead atoms. The molecular weight excluding hydrogens is 182 g/mol. The van der Waals surface area contributed by atoms with Gasteiger partial charge in [0.15, 0.2) is 0 Å². The average Bonchev–Trinajstić information content (AvgIpc) is 2.19. The Bertz CT molecular complexity index is 312. The van der Waals surface area contributed by atoms with E-state index >= 15 is 0 Å². The van der Waals surface area contributed by atoms with E-state index in [0.29, 0.717) is 0 Å². The van der Waals surface area contributed by atoms with E-state index in [-0.39, 0.29) is 6.42 Å². The molecule has 76 valence electrons. The van der Waals surface area contributed by atoms with Crippen molar-refractivity contribution >= 4 is 5.97 Å². The first kappa shape index (κ1) is 10.7. The lowest BCUT2D eigenvalue weighted by Gasteiger charge is -2.22.